The highest BCUT2D eigenvalue weighted by Crippen LogP contribution is 2.12. The Kier molecular flexibility index (Phi) is 4.88. The van der Waals surface area contributed by atoms with Gasteiger partial charge in [0.2, 0.25) is 5.78 Å². The van der Waals surface area contributed by atoms with Crippen molar-refractivity contribution in [3.8, 4) is 0 Å². The van der Waals surface area contributed by atoms with E-state index in [9.17, 15) is 22.8 Å². The maximum atomic E-state index is 13.4. The summed E-state index contributed by atoms with van der Waals surface area (Å²) in [5.41, 5.74) is -0.548. The topological polar surface area (TPSA) is 43.4 Å². The van der Waals surface area contributed by atoms with Crippen LogP contribution in [0.15, 0.2) is 18.2 Å². The Morgan fingerprint density at radius 2 is 1.78 bits per heavy atom. The smallest absolute Gasteiger partial charge is 0.349 e. The SMILES string of the molecule is CCCOC(=O)C(F)C(=O)c1cc(F)cc(F)c1. The van der Waals surface area contributed by atoms with E-state index >= 15 is 0 Å². The van der Waals surface area contributed by atoms with Gasteiger partial charge in [0.05, 0.1) is 6.61 Å². The van der Waals surface area contributed by atoms with Crippen molar-refractivity contribution in [2.75, 3.05) is 6.61 Å². The molecule has 1 unspecified atom stereocenters. The van der Waals surface area contributed by atoms with E-state index in [0.717, 1.165) is 0 Å². The lowest BCUT2D eigenvalue weighted by molar-refractivity contribution is -0.147. The van der Waals surface area contributed by atoms with Gasteiger partial charge < -0.3 is 4.74 Å². The van der Waals surface area contributed by atoms with E-state index in [2.05, 4.69) is 4.74 Å². The molecule has 1 atom stereocenters. The summed E-state index contributed by atoms with van der Waals surface area (Å²) >= 11 is 0. The van der Waals surface area contributed by atoms with Gasteiger partial charge in [0.25, 0.3) is 6.17 Å². The second-order valence-electron chi connectivity index (χ2n) is 3.55. The first-order valence-corrected chi connectivity index (χ1v) is 5.26. The number of hydrogen-bond acceptors (Lipinski definition) is 3. The van der Waals surface area contributed by atoms with Crippen LogP contribution in [0.4, 0.5) is 13.2 Å². The first-order valence-electron chi connectivity index (χ1n) is 5.26. The zero-order chi connectivity index (χ0) is 13.7. The third-order valence-corrected chi connectivity index (χ3v) is 2.03. The summed E-state index contributed by atoms with van der Waals surface area (Å²) in [6.45, 7) is 1.67. The van der Waals surface area contributed by atoms with Crippen molar-refractivity contribution in [3.05, 3.63) is 35.4 Å². The fraction of sp³-hybridized carbons (Fsp3) is 0.333. The van der Waals surface area contributed by atoms with Crippen LogP contribution in [0, 0.1) is 11.6 Å². The normalized spacial score (nSPS) is 12.0. The number of ether oxygens (including phenoxy) is 1. The van der Waals surface area contributed by atoms with Crippen molar-refractivity contribution in [2.45, 2.75) is 19.5 Å². The number of Topliss-reactive ketones (excluding diaryl/α,β-unsaturated/α-hetero) is 1. The lowest BCUT2D eigenvalue weighted by atomic mass is 10.1. The van der Waals surface area contributed by atoms with E-state index in [1.54, 1.807) is 6.92 Å². The summed E-state index contributed by atoms with van der Waals surface area (Å²) in [7, 11) is 0. The zero-order valence-corrected chi connectivity index (χ0v) is 9.58. The monoisotopic (exact) mass is 260 g/mol. The molecule has 0 amide bonds. The van der Waals surface area contributed by atoms with E-state index in [-0.39, 0.29) is 6.61 Å². The molecule has 0 aliphatic heterocycles. The van der Waals surface area contributed by atoms with Gasteiger partial charge in [-0.05, 0) is 18.6 Å². The van der Waals surface area contributed by atoms with Crippen molar-refractivity contribution >= 4 is 11.8 Å². The highest BCUT2D eigenvalue weighted by Gasteiger charge is 2.29. The summed E-state index contributed by atoms with van der Waals surface area (Å²) in [6, 6.07) is 1.86. The van der Waals surface area contributed by atoms with Crippen LogP contribution in [0.25, 0.3) is 0 Å². The van der Waals surface area contributed by atoms with Gasteiger partial charge in [-0.25, -0.2) is 18.0 Å². The molecular weight excluding hydrogens is 249 g/mol. The highest BCUT2D eigenvalue weighted by atomic mass is 19.1. The van der Waals surface area contributed by atoms with E-state index in [0.29, 0.717) is 24.6 Å². The van der Waals surface area contributed by atoms with Gasteiger partial charge in [0.15, 0.2) is 0 Å². The number of esters is 1. The van der Waals surface area contributed by atoms with E-state index in [1.165, 1.54) is 0 Å². The molecule has 0 spiro atoms. The highest BCUT2D eigenvalue weighted by molar-refractivity contribution is 6.11. The average molecular weight is 260 g/mol. The van der Waals surface area contributed by atoms with Crippen molar-refractivity contribution in [1.29, 1.82) is 0 Å². The Balaban J connectivity index is 2.82. The molecule has 0 bridgehead atoms. The van der Waals surface area contributed by atoms with Crippen LogP contribution in [0.1, 0.15) is 23.7 Å². The Bertz CT molecular complexity index is 440. The van der Waals surface area contributed by atoms with Crippen molar-refractivity contribution < 1.29 is 27.5 Å². The van der Waals surface area contributed by atoms with Gasteiger partial charge in [-0.3, -0.25) is 4.79 Å². The first-order chi connectivity index (χ1) is 8.45. The fourth-order valence-electron chi connectivity index (χ4n) is 1.23. The van der Waals surface area contributed by atoms with Gasteiger partial charge >= 0.3 is 5.97 Å². The molecule has 0 N–H and O–H groups in total. The first kappa shape index (κ1) is 14.2. The predicted molar refractivity (Wildman–Crippen MR) is 56.8 cm³/mol. The van der Waals surface area contributed by atoms with Crippen LogP contribution in [-0.4, -0.2) is 24.5 Å². The molecule has 98 valence electrons. The number of carbonyl (C=O) groups excluding carboxylic acids is 2. The lowest BCUT2D eigenvalue weighted by Gasteiger charge is -2.07. The number of benzene rings is 1. The minimum Gasteiger partial charge on any atom is -0.463 e. The fourth-order valence-corrected chi connectivity index (χ4v) is 1.23. The second-order valence-corrected chi connectivity index (χ2v) is 3.55. The standard InChI is InChI=1S/C12H11F3O3/c1-2-3-18-12(17)10(15)11(16)7-4-8(13)6-9(14)5-7/h4-6,10H,2-3H2,1H3. The molecule has 0 radical (unpaired) electrons. The number of carbonyl (C=O) groups is 2. The van der Waals surface area contributed by atoms with Crippen LogP contribution in [0.2, 0.25) is 0 Å². The van der Waals surface area contributed by atoms with E-state index < -0.39 is 35.1 Å². The van der Waals surface area contributed by atoms with Crippen molar-refractivity contribution in [3.63, 3.8) is 0 Å². The van der Waals surface area contributed by atoms with Crippen LogP contribution in [0.3, 0.4) is 0 Å². The Morgan fingerprint density at radius 1 is 1.22 bits per heavy atom. The quantitative estimate of drug-likeness (QED) is 0.464. The van der Waals surface area contributed by atoms with Gasteiger partial charge in [0, 0.05) is 11.6 Å². The summed E-state index contributed by atoms with van der Waals surface area (Å²) in [6.07, 6.45) is -2.10. The molecule has 0 heterocycles. The van der Waals surface area contributed by atoms with Crippen LogP contribution in [-0.2, 0) is 9.53 Å². The zero-order valence-electron chi connectivity index (χ0n) is 9.58. The number of ketones is 1. The molecule has 1 rings (SSSR count). The number of halogens is 3. The summed E-state index contributed by atoms with van der Waals surface area (Å²) in [5.74, 6) is -4.72. The molecule has 0 saturated heterocycles. The molecule has 6 heteroatoms. The van der Waals surface area contributed by atoms with Gasteiger partial charge in [-0.2, -0.15) is 0 Å². The molecule has 0 saturated carbocycles. The molecule has 0 aliphatic carbocycles. The largest absolute Gasteiger partial charge is 0.463 e. The van der Waals surface area contributed by atoms with Crippen LogP contribution >= 0.6 is 0 Å². The molecular formula is C12H11F3O3. The van der Waals surface area contributed by atoms with Crippen LogP contribution in [0.5, 0.6) is 0 Å². The summed E-state index contributed by atoms with van der Waals surface area (Å²) in [5, 5.41) is 0. The molecule has 1 aromatic carbocycles. The Labute approximate surface area is 102 Å². The van der Waals surface area contributed by atoms with Crippen molar-refractivity contribution in [2.24, 2.45) is 0 Å². The number of hydrogen-bond donors (Lipinski definition) is 0. The molecule has 3 nitrogen and oxygen atoms in total. The van der Waals surface area contributed by atoms with Gasteiger partial charge in [0.1, 0.15) is 11.6 Å². The van der Waals surface area contributed by atoms with Gasteiger partial charge in [-0.1, -0.05) is 6.92 Å². The third-order valence-electron chi connectivity index (χ3n) is 2.03. The second kappa shape index (κ2) is 6.18. The molecule has 18 heavy (non-hydrogen) atoms. The van der Waals surface area contributed by atoms with Gasteiger partial charge in [-0.15, -0.1) is 0 Å². The predicted octanol–water partition coefficient (Wildman–Crippen LogP) is 2.44. The van der Waals surface area contributed by atoms with E-state index in [4.69, 9.17) is 0 Å². The minimum absolute atomic E-state index is 0.0238. The maximum absolute atomic E-state index is 13.4. The maximum Gasteiger partial charge on any atom is 0.349 e. The third kappa shape index (κ3) is 3.58. The minimum atomic E-state index is -2.57. The molecule has 0 aliphatic rings. The summed E-state index contributed by atoms with van der Waals surface area (Å²) < 4.78 is 43.5. The molecule has 0 fully saturated rings. The Morgan fingerprint density at radius 3 is 2.28 bits per heavy atom. The molecule has 1 aromatic rings. The van der Waals surface area contributed by atoms with Crippen LogP contribution < -0.4 is 0 Å². The lowest BCUT2D eigenvalue weighted by Crippen LogP contribution is -2.28. The molecule has 0 aromatic heterocycles. The van der Waals surface area contributed by atoms with E-state index in [1.807, 2.05) is 0 Å². The average Bonchev–Trinajstić information content (AvgIpc) is 2.32. The van der Waals surface area contributed by atoms with Crippen molar-refractivity contribution in [1.82, 2.24) is 0 Å². The number of rotatable bonds is 5. The Hall–Kier alpha value is -1.85. The number of alkyl halides is 1. The summed E-state index contributed by atoms with van der Waals surface area (Å²) in [4.78, 5) is 22.5.